The summed E-state index contributed by atoms with van der Waals surface area (Å²) in [6.45, 7) is 7.01. The maximum absolute atomic E-state index is 12.7. The van der Waals surface area contributed by atoms with E-state index in [-0.39, 0.29) is 11.1 Å². The number of anilines is 1. The number of imide groups is 1. The van der Waals surface area contributed by atoms with Gasteiger partial charge in [0.25, 0.3) is 11.1 Å². The molecule has 0 bridgehead atoms. The summed E-state index contributed by atoms with van der Waals surface area (Å²) in [4.78, 5) is 26.6. The minimum atomic E-state index is -0.298. The number of thioether (sulfide) groups is 1. The molecule has 4 nitrogen and oxygen atoms in total. The van der Waals surface area contributed by atoms with Gasteiger partial charge in [0.15, 0.2) is 0 Å². The van der Waals surface area contributed by atoms with E-state index in [0.29, 0.717) is 15.6 Å². The van der Waals surface area contributed by atoms with Crippen LogP contribution < -0.4 is 4.90 Å². The maximum Gasteiger partial charge on any atom is 0.298 e. The van der Waals surface area contributed by atoms with E-state index in [9.17, 15) is 9.59 Å². The largest absolute Gasteiger partial charge is 0.349 e. The van der Waals surface area contributed by atoms with E-state index in [0.717, 1.165) is 35.3 Å². The molecule has 0 atom stereocenters. The van der Waals surface area contributed by atoms with Crippen LogP contribution in [0, 0.1) is 13.8 Å². The minimum absolute atomic E-state index is 0.294. The Labute approximate surface area is 150 Å². The van der Waals surface area contributed by atoms with Crippen molar-refractivity contribution in [3.05, 3.63) is 57.2 Å². The Balaban J connectivity index is 1.95. The van der Waals surface area contributed by atoms with Crippen LogP contribution in [-0.4, -0.2) is 15.7 Å². The molecular weight excluding hydrogens is 344 g/mol. The molecule has 2 aromatic rings. The minimum Gasteiger partial charge on any atom is -0.349 e. The van der Waals surface area contributed by atoms with Crippen LogP contribution in [-0.2, 0) is 11.3 Å². The zero-order valence-electron chi connectivity index (χ0n) is 13.7. The van der Waals surface area contributed by atoms with Gasteiger partial charge in [-0.15, -0.1) is 0 Å². The fraction of sp³-hybridized carbons (Fsp3) is 0.222. The van der Waals surface area contributed by atoms with E-state index in [2.05, 4.69) is 11.5 Å². The van der Waals surface area contributed by atoms with Gasteiger partial charge in [-0.25, -0.2) is 4.90 Å². The summed E-state index contributed by atoms with van der Waals surface area (Å²) in [5, 5.41) is 0.270. The van der Waals surface area contributed by atoms with Crippen molar-refractivity contribution in [1.29, 1.82) is 0 Å². The van der Waals surface area contributed by atoms with Crippen LogP contribution in [0.25, 0.3) is 6.08 Å². The summed E-state index contributed by atoms with van der Waals surface area (Å²) in [6, 6.07) is 8.71. The van der Waals surface area contributed by atoms with Crippen molar-refractivity contribution in [2.24, 2.45) is 0 Å². The van der Waals surface area contributed by atoms with Gasteiger partial charge < -0.3 is 4.57 Å². The third-order valence-electron chi connectivity index (χ3n) is 4.09. The van der Waals surface area contributed by atoms with Gasteiger partial charge in [-0.05, 0) is 74.5 Å². The highest BCUT2D eigenvalue weighted by molar-refractivity contribution is 8.19. The third kappa shape index (κ3) is 2.89. The Bertz CT molecular complexity index is 853. The topological polar surface area (TPSA) is 42.3 Å². The molecule has 1 saturated heterocycles. The number of aromatic nitrogens is 1. The summed E-state index contributed by atoms with van der Waals surface area (Å²) in [5.41, 5.74) is 3.73. The maximum atomic E-state index is 12.7. The number of rotatable bonds is 3. The molecule has 1 aromatic carbocycles. The van der Waals surface area contributed by atoms with Crippen molar-refractivity contribution in [2.45, 2.75) is 27.3 Å². The van der Waals surface area contributed by atoms with Crippen molar-refractivity contribution in [2.75, 3.05) is 4.90 Å². The first-order valence-electron chi connectivity index (χ1n) is 7.62. The Kier molecular flexibility index (Phi) is 4.56. The number of hydrogen-bond donors (Lipinski definition) is 0. The lowest BCUT2D eigenvalue weighted by molar-refractivity contribution is -0.113. The molecule has 1 aliphatic rings. The number of nitrogens with zero attached hydrogens (tertiary/aromatic N) is 2. The third-order valence-corrected chi connectivity index (χ3v) is 5.22. The molecular formula is C18H17ClN2O2S. The molecule has 0 unspecified atom stereocenters. The second-order valence-corrected chi connectivity index (χ2v) is 6.99. The molecule has 0 N–H and O–H groups in total. The molecule has 1 fully saturated rings. The van der Waals surface area contributed by atoms with Crippen LogP contribution in [0.15, 0.2) is 35.2 Å². The van der Waals surface area contributed by atoms with E-state index in [4.69, 9.17) is 11.6 Å². The smallest absolute Gasteiger partial charge is 0.298 e. The second-order valence-electron chi connectivity index (χ2n) is 5.56. The lowest BCUT2D eigenvalue weighted by Gasteiger charge is -2.12. The number of hydrogen-bond acceptors (Lipinski definition) is 3. The van der Waals surface area contributed by atoms with Crippen LogP contribution in [0.4, 0.5) is 10.5 Å². The van der Waals surface area contributed by atoms with Crippen molar-refractivity contribution in [3.8, 4) is 0 Å². The monoisotopic (exact) mass is 360 g/mol. The number of halogens is 1. The number of carbonyl (C=O) groups excluding carboxylic acids is 2. The molecule has 3 rings (SSSR count). The molecule has 2 heterocycles. The molecule has 0 saturated carbocycles. The van der Waals surface area contributed by atoms with Gasteiger partial charge in [0.05, 0.1) is 10.6 Å². The SMILES string of the molecule is CCn1c(C)cc(/C=C2/SC(=O)N(c3ccc(Cl)cc3)C2=O)c1C. The van der Waals surface area contributed by atoms with E-state index in [1.807, 2.05) is 19.9 Å². The van der Waals surface area contributed by atoms with Gasteiger partial charge in [-0.1, -0.05) is 11.6 Å². The van der Waals surface area contributed by atoms with E-state index in [1.165, 1.54) is 4.90 Å². The predicted octanol–water partition coefficient (Wildman–Crippen LogP) is 5.02. The molecule has 0 aliphatic carbocycles. The molecule has 1 aliphatic heterocycles. The molecule has 2 amide bonds. The van der Waals surface area contributed by atoms with Gasteiger partial charge in [0.1, 0.15) is 0 Å². The summed E-state index contributed by atoms with van der Waals surface area (Å²) >= 11 is 6.83. The summed E-state index contributed by atoms with van der Waals surface area (Å²) in [6.07, 6.45) is 1.80. The van der Waals surface area contributed by atoms with Crippen LogP contribution >= 0.6 is 23.4 Å². The summed E-state index contributed by atoms with van der Waals surface area (Å²) in [5.74, 6) is -0.298. The lowest BCUT2D eigenvalue weighted by atomic mass is 10.2. The van der Waals surface area contributed by atoms with Gasteiger partial charge in [-0.2, -0.15) is 0 Å². The van der Waals surface area contributed by atoms with E-state index < -0.39 is 0 Å². The van der Waals surface area contributed by atoms with E-state index >= 15 is 0 Å². The zero-order chi connectivity index (χ0) is 17.4. The van der Waals surface area contributed by atoms with Gasteiger partial charge in [0, 0.05) is 23.0 Å². The first-order chi connectivity index (χ1) is 11.4. The first kappa shape index (κ1) is 16.9. The summed E-state index contributed by atoms with van der Waals surface area (Å²) < 4.78 is 2.18. The highest BCUT2D eigenvalue weighted by Crippen LogP contribution is 2.36. The highest BCUT2D eigenvalue weighted by atomic mass is 35.5. The number of aryl methyl sites for hydroxylation is 1. The van der Waals surface area contributed by atoms with E-state index in [1.54, 1.807) is 30.3 Å². The van der Waals surface area contributed by atoms with Crippen molar-refractivity contribution in [1.82, 2.24) is 4.57 Å². The Hall–Kier alpha value is -1.98. The second kappa shape index (κ2) is 6.49. The quantitative estimate of drug-likeness (QED) is 0.722. The van der Waals surface area contributed by atoms with Crippen LogP contribution in [0.5, 0.6) is 0 Å². The molecule has 1 aromatic heterocycles. The molecule has 6 heteroatoms. The average molecular weight is 361 g/mol. The Morgan fingerprint density at radius 1 is 1.17 bits per heavy atom. The van der Waals surface area contributed by atoms with Crippen molar-refractivity contribution in [3.63, 3.8) is 0 Å². The standard InChI is InChI=1S/C18H17ClN2O2S/c1-4-20-11(2)9-13(12(20)3)10-16-17(22)21(18(23)24-16)15-7-5-14(19)6-8-15/h5-10H,4H2,1-3H3/b16-10+. The number of amides is 2. The van der Waals surface area contributed by atoms with Gasteiger partial charge >= 0.3 is 0 Å². The van der Waals surface area contributed by atoms with Gasteiger partial charge in [-0.3, -0.25) is 9.59 Å². The van der Waals surface area contributed by atoms with Gasteiger partial charge in [0.2, 0.25) is 0 Å². The van der Waals surface area contributed by atoms with Crippen LogP contribution in [0.1, 0.15) is 23.9 Å². The Morgan fingerprint density at radius 3 is 2.42 bits per heavy atom. The number of benzene rings is 1. The van der Waals surface area contributed by atoms with Crippen molar-refractivity contribution < 1.29 is 9.59 Å². The number of carbonyl (C=O) groups is 2. The first-order valence-corrected chi connectivity index (χ1v) is 8.82. The lowest BCUT2D eigenvalue weighted by Crippen LogP contribution is -2.27. The average Bonchev–Trinajstić information content (AvgIpc) is 2.97. The summed E-state index contributed by atoms with van der Waals surface area (Å²) in [7, 11) is 0. The fourth-order valence-corrected chi connectivity index (χ4v) is 3.84. The predicted molar refractivity (Wildman–Crippen MR) is 99.5 cm³/mol. The molecule has 124 valence electrons. The normalized spacial score (nSPS) is 16.5. The zero-order valence-corrected chi connectivity index (χ0v) is 15.2. The fourth-order valence-electron chi connectivity index (χ4n) is 2.88. The van der Waals surface area contributed by atoms with Crippen LogP contribution in [0.3, 0.4) is 0 Å². The highest BCUT2D eigenvalue weighted by Gasteiger charge is 2.36. The van der Waals surface area contributed by atoms with Crippen molar-refractivity contribution >= 4 is 46.3 Å². The van der Waals surface area contributed by atoms with Crippen LogP contribution in [0.2, 0.25) is 5.02 Å². The molecule has 0 radical (unpaired) electrons. The molecule has 24 heavy (non-hydrogen) atoms. The molecule has 0 spiro atoms. The Morgan fingerprint density at radius 2 is 1.83 bits per heavy atom.